The van der Waals surface area contributed by atoms with Gasteiger partial charge in [0.2, 0.25) is 0 Å². The second-order valence-electron chi connectivity index (χ2n) is 7.58. The van der Waals surface area contributed by atoms with Crippen LogP contribution in [0.15, 0.2) is 23.3 Å². The van der Waals surface area contributed by atoms with Gasteiger partial charge < -0.3 is 10.5 Å². The van der Waals surface area contributed by atoms with E-state index in [0.717, 1.165) is 24.7 Å². The summed E-state index contributed by atoms with van der Waals surface area (Å²) in [6.07, 6.45) is 7.36. The van der Waals surface area contributed by atoms with Crippen LogP contribution in [0, 0.1) is 17.3 Å². The fraction of sp³-hybridized carbons (Fsp3) is 0.632. The number of benzene rings is 1. The second-order valence-corrected chi connectivity index (χ2v) is 7.58. The van der Waals surface area contributed by atoms with Gasteiger partial charge in [-0.3, -0.25) is 0 Å². The molecule has 3 aliphatic rings. The van der Waals surface area contributed by atoms with Crippen LogP contribution in [0.1, 0.15) is 56.1 Å². The van der Waals surface area contributed by atoms with Crippen LogP contribution in [0.25, 0.3) is 0 Å². The van der Waals surface area contributed by atoms with Crippen molar-refractivity contribution in [3.05, 3.63) is 29.3 Å². The highest BCUT2D eigenvalue weighted by atomic mass is 16.3. The second kappa shape index (κ2) is 5.00. The van der Waals surface area contributed by atoms with E-state index in [-0.39, 0.29) is 0 Å². The van der Waals surface area contributed by atoms with Crippen molar-refractivity contribution >= 4 is 5.71 Å². The quantitative estimate of drug-likeness (QED) is 0.774. The highest BCUT2D eigenvalue weighted by Gasteiger charge is 2.53. The van der Waals surface area contributed by atoms with Crippen LogP contribution >= 0.6 is 0 Å². The van der Waals surface area contributed by atoms with Gasteiger partial charge in [0.1, 0.15) is 5.75 Å². The molecule has 0 aromatic heterocycles. The first-order valence-corrected chi connectivity index (χ1v) is 8.69. The molecule has 1 aromatic carbocycles. The zero-order valence-electron chi connectivity index (χ0n) is 13.6. The van der Waals surface area contributed by atoms with Gasteiger partial charge in [-0.15, -0.1) is 0 Å². The number of aryl methyl sites for hydroxylation is 1. The summed E-state index contributed by atoms with van der Waals surface area (Å²) in [5, 5.41) is 14.4. The molecule has 3 aliphatic carbocycles. The number of phenols is 1. The standard InChI is InChI=1S/C19H26N2O/c1-19-10-9-15-14-6-4-13(22)11-12(14)3-5-16(15)17(19)7-8-18(19)21-20-2/h4,6,11,15-17,20,22H,3,5,7-10H2,1-2H3/b21-18-/t15-,16+,17-,19+/m1/s1. The maximum atomic E-state index is 9.75. The van der Waals surface area contributed by atoms with E-state index in [1.807, 2.05) is 19.2 Å². The van der Waals surface area contributed by atoms with Crippen LogP contribution in [0.4, 0.5) is 0 Å². The molecule has 0 amide bonds. The monoisotopic (exact) mass is 298 g/mol. The molecule has 3 heteroatoms. The van der Waals surface area contributed by atoms with Crippen molar-refractivity contribution in [2.24, 2.45) is 22.4 Å². The number of rotatable bonds is 1. The summed E-state index contributed by atoms with van der Waals surface area (Å²) in [6.45, 7) is 2.45. The Labute approximate surface area is 132 Å². The number of hydrogen-bond donors (Lipinski definition) is 2. The lowest BCUT2D eigenvalue weighted by Gasteiger charge is -2.49. The van der Waals surface area contributed by atoms with Gasteiger partial charge in [0.15, 0.2) is 0 Å². The molecule has 22 heavy (non-hydrogen) atoms. The summed E-state index contributed by atoms with van der Waals surface area (Å²) >= 11 is 0. The normalized spacial score (nSPS) is 38.3. The van der Waals surface area contributed by atoms with E-state index in [0.29, 0.717) is 17.1 Å². The Balaban J connectivity index is 1.69. The third kappa shape index (κ3) is 1.90. The topological polar surface area (TPSA) is 44.6 Å². The molecule has 3 nitrogen and oxygen atoms in total. The van der Waals surface area contributed by atoms with Crippen molar-refractivity contribution < 1.29 is 5.11 Å². The van der Waals surface area contributed by atoms with Gasteiger partial charge in [-0.2, -0.15) is 5.10 Å². The summed E-state index contributed by atoms with van der Waals surface area (Å²) in [5.41, 5.74) is 7.62. The van der Waals surface area contributed by atoms with Crippen LogP contribution in [0.5, 0.6) is 5.75 Å². The Bertz CT molecular complexity index is 624. The Hall–Kier alpha value is -1.51. The predicted octanol–water partition coefficient (Wildman–Crippen LogP) is 3.82. The molecule has 0 aliphatic heterocycles. The Morgan fingerprint density at radius 1 is 1.23 bits per heavy atom. The summed E-state index contributed by atoms with van der Waals surface area (Å²) in [6, 6.07) is 6.04. The van der Waals surface area contributed by atoms with E-state index in [4.69, 9.17) is 0 Å². The Kier molecular flexibility index (Phi) is 3.21. The lowest BCUT2D eigenvalue weighted by atomic mass is 9.55. The van der Waals surface area contributed by atoms with E-state index in [9.17, 15) is 5.11 Å². The average Bonchev–Trinajstić information content (AvgIpc) is 2.84. The molecular formula is C19H26N2O. The summed E-state index contributed by atoms with van der Waals surface area (Å²) < 4.78 is 0. The summed E-state index contributed by atoms with van der Waals surface area (Å²) in [7, 11) is 1.92. The number of aromatic hydroxyl groups is 1. The minimum atomic E-state index is 0.304. The van der Waals surface area contributed by atoms with Gasteiger partial charge in [0.05, 0.1) is 0 Å². The average molecular weight is 298 g/mol. The number of nitrogens with zero attached hydrogens (tertiary/aromatic N) is 1. The first-order chi connectivity index (χ1) is 10.6. The zero-order valence-corrected chi connectivity index (χ0v) is 13.6. The first-order valence-electron chi connectivity index (χ1n) is 8.69. The van der Waals surface area contributed by atoms with Crippen LogP contribution < -0.4 is 5.43 Å². The van der Waals surface area contributed by atoms with Gasteiger partial charge in [-0.1, -0.05) is 13.0 Å². The highest BCUT2D eigenvalue weighted by molar-refractivity contribution is 5.92. The molecule has 0 unspecified atom stereocenters. The van der Waals surface area contributed by atoms with Crippen LogP contribution in [0.3, 0.4) is 0 Å². The minimum Gasteiger partial charge on any atom is -0.508 e. The Morgan fingerprint density at radius 2 is 2.09 bits per heavy atom. The molecule has 0 spiro atoms. The fourth-order valence-electron chi connectivity index (χ4n) is 5.68. The van der Waals surface area contributed by atoms with Gasteiger partial charge in [-0.25, -0.2) is 0 Å². The molecule has 2 saturated carbocycles. The molecule has 118 valence electrons. The van der Waals surface area contributed by atoms with Crippen molar-refractivity contribution in [3.63, 3.8) is 0 Å². The number of nitrogens with one attached hydrogen (secondary N) is 1. The van der Waals surface area contributed by atoms with Gasteiger partial charge in [0.25, 0.3) is 0 Å². The van der Waals surface area contributed by atoms with Crippen molar-refractivity contribution in [1.82, 2.24) is 5.43 Å². The number of fused-ring (bicyclic) bond motifs is 5. The maximum absolute atomic E-state index is 9.75. The smallest absolute Gasteiger partial charge is 0.115 e. The number of phenolic OH excluding ortho intramolecular Hbond substituents is 1. The van der Waals surface area contributed by atoms with Crippen molar-refractivity contribution in [1.29, 1.82) is 0 Å². The first kappa shape index (κ1) is 14.1. The largest absolute Gasteiger partial charge is 0.508 e. The zero-order chi connectivity index (χ0) is 15.3. The van der Waals surface area contributed by atoms with Crippen molar-refractivity contribution in [2.75, 3.05) is 7.05 Å². The van der Waals surface area contributed by atoms with Crippen LogP contribution in [-0.2, 0) is 6.42 Å². The third-order valence-corrected chi connectivity index (χ3v) is 6.70. The molecular weight excluding hydrogens is 272 g/mol. The lowest BCUT2D eigenvalue weighted by molar-refractivity contribution is 0.0954. The molecule has 1 aromatic rings. The highest BCUT2D eigenvalue weighted by Crippen LogP contribution is 2.59. The molecule has 0 bridgehead atoms. The third-order valence-electron chi connectivity index (χ3n) is 6.70. The molecule has 0 radical (unpaired) electrons. The van der Waals surface area contributed by atoms with E-state index in [2.05, 4.69) is 23.5 Å². The number of hydrogen-bond acceptors (Lipinski definition) is 3. The van der Waals surface area contributed by atoms with Crippen LogP contribution in [0.2, 0.25) is 0 Å². The van der Waals surface area contributed by atoms with Gasteiger partial charge >= 0.3 is 0 Å². The minimum absolute atomic E-state index is 0.304. The molecule has 0 saturated heterocycles. The maximum Gasteiger partial charge on any atom is 0.115 e. The van der Waals surface area contributed by atoms with Crippen LogP contribution in [-0.4, -0.2) is 17.9 Å². The van der Waals surface area contributed by atoms with Crippen molar-refractivity contribution in [2.45, 2.75) is 51.4 Å². The molecule has 2 N–H and O–H groups in total. The number of hydrazone groups is 1. The predicted molar refractivity (Wildman–Crippen MR) is 89.2 cm³/mol. The lowest BCUT2D eigenvalue weighted by Crippen LogP contribution is -2.42. The summed E-state index contributed by atoms with van der Waals surface area (Å²) in [5.74, 6) is 2.68. The van der Waals surface area contributed by atoms with Gasteiger partial charge in [0, 0.05) is 18.2 Å². The van der Waals surface area contributed by atoms with E-state index in [1.54, 1.807) is 0 Å². The SMILES string of the molecule is CN/N=C1/CC[C@@H]2[C@H]3CCc4cc(O)ccc4[C@H]3CC[C@]12C. The van der Waals surface area contributed by atoms with Crippen molar-refractivity contribution in [3.8, 4) is 5.75 Å². The Morgan fingerprint density at radius 3 is 2.91 bits per heavy atom. The van der Waals surface area contributed by atoms with E-state index in [1.165, 1.54) is 42.5 Å². The molecule has 2 fully saturated rings. The molecule has 0 heterocycles. The summed E-state index contributed by atoms with van der Waals surface area (Å²) in [4.78, 5) is 0. The molecule has 4 rings (SSSR count). The fourth-order valence-corrected chi connectivity index (χ4v) is 5.68. The van der Waals surface area contributed by atoms with E-state index < -0.39 is 0 Å². The van der Waals surface area contributed by atoms with E-state index >= 15 is 0 Å². The molecule has 4 atom stereocenters. The van der Waals surface area contributed by atoms with Gasteiger partial charge in [-0.05, 0) is 79.5 Å².